The number of nitrogens with zero attached hydrogens (tertiary/aromatic N) is 2. The SMILES string of the molecule is CN=C(NCCCCSC)NCCOc1ncc(C(F)(F)F)cc1Cl.I. The highest BCUT2D eigenvalue weighted by atomic mass is 127. The highest BCUT2D eigenvalue weighted by Gasteiger charge is 2.31. The Labute approximate surface area is 177 Å². The van der Waals surface area contributed by atoms with Crippen LogP contribution in [-0.4, -0.2) is 49.7 Å². The van der Waals surface area contributed by atoms with E-state index < -0.39 is 11.7 Å². The fraction of sp³-hybridized carbons (Fsp3) is 0.600. The molecule has 0 fully saturated rings. The number of aromatic nitrogens is 1. The summed E-state index contributed by atoms with van der Waals surface area (Å²) in [6.07, 6.45) is 0.468. The lowest BCUT2D eigenvalue weighted by molar-refractivity contribution is -0.137. The molecule has 150 valence electrons. The van der Waals surface area contributed by atoms with E-state index >= 15 is 0 Å². The molecule has 2 N–H and O–H groups in total. The summed E-state index contributed by atoms with van der Waals surface area (Å²) in [5.74, 6) is 1.73. The van der Waals surface area contributed by atoms with E-state index in [4.69, 9.17) is 16.3 Å². The van der Waals surface area contributed by atoms with E-state index in [1.54, 1.807) is 7.05 Å². The standard InChI is InChI=1S/C15H22ClF3N4OS.HI/c1-20-14(21-5-3-4-8-25-2)22-6-7-24-13-12(16)9-11(10-23-13)15(17,18)19;/h9-10H,3-8H2,1-2H3,(H2,20,21,22);1H. The third-order valence-corrected chi connectivity index (χ3v) is 4.03. The van der Waals surface area contributed by atoms with Crippen molar-refractivity contribution < 1.29 is 17.9 Å². The number of ether oxygens (including phenoxy) is 1. The van der Waals surface area contributed by atoms with Gasteiger partial charge in [-0.2, -0.15) is 24.9 Å². The summed E-state index contributed by atoms with van der Waals surface area (Å²) in [4.78, 5) is 7.68. The molecular formula is C15H23ClF3IN4OS. The van der Waals surface area contributed by atoms with Crippen molar-refractivity contribution in [2.45, 2.75) is 19.0 Å². The summed E-state index contributed by atoms with van der Waals surface area (Å²) >= 11 is 7.58. The molecule has 11 heteroatoms. The molecule has 0 atom stereocenters. The first-order chi connectivity index (χ1) is 11.9. The van der Waals surface area contributed by atoms with E-state index in [1.807, 2.05) is 11.8 Å². The van der Waals surface area contributed by atoms with Gasteiger partial charge in [-0.15, -0.1) is 24.0 Å². The first kappa shape index (κ1) is 25.4. The van der Waals surface area contributed by atoms with Gasteiger partial charge in [0.25, 0.3) is 0 Å². The molecule has 0 saturated heterocycles. The minimum Gasteiger partial charge on any atom is -0.475 e. The molecule has 0 saturated carbocycles. The van der Waals surface area contributed by atoms with E-state index in [-0.39, 0.29) is 41.5 Å². The zero-order chi connectivity index (χ0) is 18.7. The van der Waals surface area contributed by atoms with Crippen LogP contribution in [0.15, 0.2) is 17.3 Å². The van der Waals surface area contributed by atoms with Crippen LogP contribution in [0.2, 0.25) is 5.02 Å². The van der Waals surface area contributed by atoms with Gasteiger partial charge < -0.3 is 15.4 Å². The van der Waals surface area contributed by atoms with Crippen LogP contribution < -0.4 is 15.4 Å². The van der Waals surface area contributed by atoms with E-state index in [2.05, 4.69) is 26.9 Å². The Morgan fingerprint density at radius 2 is 2.00 bits per heavy atom. The Morgan fingerprint density at radius 3 is 2.58 bits per heavy atom. The third-order valence-electron chi connectivity index (χ3n) is 3.06. The van der Waals surface area contributed by atoms with Gasteiger partial charge in [0.1, 0.15) is 11.6 Å². The topological polar surface area (TPSA) is 58.5 Å². The van der Waals surface area contributed by atoms with Crippen molar-refractivity contribution in [3.63, 3.8) is 0 Å². The van der Waals surface area contributed by atoms with Crippen molar-refractivity contribution in [2.75, 3.05) is 38.8 Å². The van der Waals surface area contributed by atoms with E-state index in [1.165, 1.54) is 0 Å². The molecule has 0 bridgehead atoms. The predicted octanol–water partition coefficient (Wildman–Crippen LogP) is 4.06. The maximum absolute atomic E-state index is 12.5. The Kier molecular flexibility index (Phi) is 13.2. The lowest BCUT2D eigenvalue weighted by Gasteiger charge is -2.13. The molecular weight excluding hydrogens is 504 g/mol. The zero-order valence-electron chi connectivity index (χ0n) is 14.5. The van der Waals surface area contributed by atoms with Crippen molar-refractivity contribution in [3.05, 3.63) is 22.8 Å². The van der Waals surface area contributed by atoms with E-state index in [0.717, 1.165) is 31.2 Å². The number of guanidine groups is 1. The quantitative estimate of drug-likeness (QED) is 0.220. The van der Waals surface area contributed by atoms with Crippen LogP contribution in [0.3, 0.4) is 0 Å². The summed E-state index contributed by atoms with van der Waals surface area (Å²) in [6.45, 7) is 1.40. The van der Waals surface area contributed by atoms with Gasteiger partial charge in [-0.25, -0.2) is 4.98 Å². The second-order valence-electron chi connectivity index (χ2n) is 4.98. The van der Waals surface area contributed by atoms with Crippen LogP contribution in [0.1, 0.15) is 18.4 Å². The highest BCUT2D eigenvalue weighted by Crippen LogP contribution is 2.32. The van der Waals surface area contributed by atoms with Gasteiger partial charge in [0.15, 0.2) is 5.96 Å². The van der Waals surface area contributed by atoms with Crippen molar-refractivity contribution >= 4 is 53.3 Å². The number of rotatable bonds is 9. The first-order valence-corrected chi connectivity index (χ1v) is 9.44. The fourth-order valence-corrected chi connectivity index (χ4v) is 2.52. The number of nitrogens with one attached hydrogen (secondary N) is 2. The predicted molar refractivity (Wildman–Crippen MR) is 112 cm³/mol. The minimum absolute atomic E-state index is 0. The van der Waals surface area contributed by atoms with Crippen LogP contribution in [0.4, 0.5) is 13.2 Å². The largest absolute Gasteiger partial charge is 0.475 e. The summed E-state index contributed by atoms with van der Waals surface area (Å²) in [7, 11) is 1.66. The van der Waals surface area contributed by atoms with Crippen molar-refractivity contribution in [1.29, 1.82) is 0 Å². The molecule has 0 unspecified atom stereocenters. The number of hydrogen-bond acceptors (Lipinski definition) is 4. The van der Waals surface area contributed by atoms with Crippen molar-refractivity contribution in [3.8, 4) is 5.88 Å². The molecule has 0 amide bonds. The van der Waals surface area contributed by atoms with Gasteiger partial charge in [-0.1, -0.05) is 11.6 Å². The number of unbranched alkanes of at least 4 members (excludes halogenated alkanes) is 1. The Balaban J connectivity index is 0.00000625. The molecule has 1 heterocycles. The van der Waals surface area contributed by atoms with Gasteiger partial charge >= 0.3 is 6.18 Å². The Hall–Kier alpha value is -0.620. The van der Waals surface area contributed by atoms with Gasteiger partial charge in [-0.3, -0.25) is 4.99 Å². The van der Waals surface area contributed by atoms with Crippen LogP contribution in [-0.2, 0) is 6.18 Å². The second-order valence-corrected chi connectivity index (χ2v) is 6.38. The van der Waals surface area contributed by atoms with E-state index in [0.29, 0.717) is 18.7 Å². The van der Waals surface area contributed by atoms with Gasteiger partial charge in [-0.05, 0) is 30.9 Å². The number of aliphatic imine (C=N–C) groups is 1. The maximum atomic E-state index is 12.5. The molecule has 1 rings (SSSR count). The molecule has 0 aliphatic rings. The normalized spacial score (nSPS) is 11.7. The number of alkyl halides is 3. The third kappa shape index (κ3) is 9.91. The number of hydrogen-bond donors (Lipinski definition) is 2. The lowest BCUT2D eigenvalue weighted by atomic mass is 10.3. The van der Waals surface area contributed by atoms with Crippen LogP contribution in [0.25, 0.3) is 0 Å². The minimum atomic E-state index is -4.48. The second kappa shape index (κ2) is 13.5. The highest BCUT2D eigenvalue weighted by molar-refractivity contribution is 14.0. The molecule has 0 aliphatic carbocycles. The van der Waals surface area contributed by atoms with Crippen LogP contribution in [0, 0.1) is 0 Å². The van der Waals surface area contributed by atoms with Gasteiger partial charge in [0, 0.05) is 19.8 Å². The summed E-state index contributed by atoms with van der Waals surface area (Å²) in [5, 5.41) is 6.04. The molecule has 26 heavy (non-hydrogen) atoms. The number of pyridine rings is 1. The maximum Gasteiger partial charge on any atom is 0.417 e. The van der Waals surface area contributed by atoms with Crippen LogP contribution >= 0.6 is 47.3 Å². The molecule has 1 aromatic rings. The lowest BCUT2D eigenvalue weighted by Crippen LogP contribution is -2.39. The average molecular weight is 527 g/mol. The smallest absolute Gasteiger partial charge is 0.417 e. The van der Waals surface area contributed by atoms with E-state index in [9.17, 15) is 13.2 Å². The van der Waals surface area contributed by atoms with Crippen LogP contribution in [0.5, 0.6) is 5.88 Å². The molecule has 1 aromatic heterocycles. The first-order valence-electron chi connectivity index (χ1n) is 7.67. The Morgan fingerprint density at radius 1 is 1.31 bits per heavy atom. The van der Waals surface area contributed by atoms with Gasteiger partial charge in [0.2, 0.25) is 5.88 Å². The number of halogens is 5. The molecule has 0 aromatic carbocycles. The average Bonchev–Trinajstić information content (AvgIpc) is 2.56. The molecule has 0 radical (unpaired) electrons. The Bertz CT molecular complexity index is 564. The molecule has 5 nitrogen and oxygen atoms in total. The summed E-state index contributed by atoms with van der Waals surface area (Å²) < 4.78 is 42.9. The molecule has 0 aliphatic heterocycles. The van der Waals surface area contributed by atoms with Gasteiger partial charge in [0.05, 0.1) is 12.1 Å². The van der Waals surface area contributed by atoms with Crippen molar-refractivity contribution in [1.82, 2.24) is 15.6 Å². The summed E-state index contributed by atoms with van der Waals surface area (Å²) in [6, 6.07) is 0.798. The fourth-order valence-electron chi connectivity index (χ4n) is 1.80. The monoisotopic (exact) mass is 526 g/mol. The molecule has 0 spiro atoms. The zero-order valence-corrected chi connectivity index (χ0v) is 18.4. The number of thioether (sulfide) groups is 1. The summed E-state index contributed by atoms with van der Waals surface area (Å²) in [5.41, 5.74) is -0.908. The van der Waals surface area contributed by atoms with Crippen molar-refractivity contribution in [2.24, 2.45) is 4.99 Å².